The highest BCUT2D eigenvalue weighted by Gasteiger charge is 2.15. The van der Waals surface area contributed by atoms with Crippen LogP contribution in [0.25, 0.3) is 78.4 Å². The second-order valence-corrected chi connectivity index (χ2v) is 15.1. The highest BCUT2D eigenvalue weighted by atomic mass is 16.5. The topological polar surface area (TPSA) is 82.7 Å². The lowest BCUT2D eigenvalue weighted by Gasteiger charge is -2.15. The molecule has 9 rings (SSSR count). The first-order chi connectivity index (χ1) is 31.0. The van der Waals surface area contributed by atoms with Gasteiger partial charge in [-0.1, -0.05) is 170 Å². The third-order valence-electron chi connectivity index (χ3n) is 10.8. The number of rotatable bonds is 9. The molecule has 1 heterocycles. The lowest BCUT2D eigenvalue weighted by molar-refractivity contribution is 0.538. The highest BCUT2D eigenvalue weighted by molar-refractivity contribution is 6.05. The lowest BCUT2D eigenvalue weighted by atomic mass is 9.89. The summed E-state index contributed by atoms with van der Waals surface area (Å²) in [6.45, 7) is 2.06. The summed E-state index contributed by atoms with van der Waals surface area (Å²) >= 11 is 0. The molecule has 0 saturated heterocycles. The van der Waals surface area contributed by atoms with Gasteiger partial charge in [-0.3, -0.25) is 10.8 Å². The number of nitrogens with zero attached hydrogens (tertiary/aromatic N) is 2. The molecule has 0 atom stereocenters. The van der Waals surface area contributed by atoms with Gasteiger partial charge < -0.3 is 4.74 Å². The minimum absolute atomic E-state index is 0.0629. The van der Waals surface area contributed by atoms with Crippen molar-refractivity contribution in [2.45, 2.75) is 13.3 Å². The largest absolute Gasteiger partial charge is 0.421 e. The van der Waals surface area contributed by atoms with E-state index in [0.29, 0.717) is 17.0 Å². The third-order valence-corrected chi connectivity index (χ3v) is 10.8. The van der Waals surface area contributed by atoms with Gasteiger partial charge in [-0.15, -0.1) is 0 Å². The van der Waals surface area contributed by atoms with Crippen molar-refractivity contribution in [3.05, 3.63) is 229 Å². The predicted octanol–water partition coefficient (Wildman–Crippen LogP) is 14.3. The Morgan fingerprint density at radius 3 is 1.49 bits per heavy atom. The Hall–Kier alpha value is -8.46. The van der Waals surface area contributed by atoms with Crippen LogP contribution in [-0.2, 0) is 4.74 Å². The molecule has 0 radical (unpaired) electrons. The number of ether oxygens (including phenoxy) is 1. The van der Waals surface area contributed by atoms with Crippen molar-refractivity contribution >= 4 is 11.8 Å². The smallest absolute Gasteiger partial charge is 0.221 e. The van der Waals surface area contributed by atoms with Gasteiger partial charge in [0.15, 0.2) is 5.82 Å². The summed E-state index contributed by atoms with van der Waals surface area (Å²) in [6.07, 6.45) is 0.807. The van der Waals surface area contributed by atoms with Gasteiger partial charge in [0, 0.05) is 39.8 Å². The molecule has 300 valence electrons. The molecule has 5 heteroatoms. The maximum atomic E-state index is 8.57. The number of nitrogens with one attached hydrogen (secondary N) is 2. The van der Waals surface area contributed by atoms with Crippen LogP contribution in [0.15, 0.2) is 212 Å². The monoisotopic (exact) mass is 810 g/mol. The zero-order valence-corrected chi connectivity index (χ0v) is 34.7. The van der Waals surface area contributed by atoms with Gasteiger partial charge in [-0.25, -0.2) is 9.97 Å². The maximum Gasteiger partial charge on any atom is 0.221 e. The van der Waals surface area contributed by atoms with Gasteiger partial charge in [0.2, 0.25) is 11.8 Å². The van der Waals surface area contributed by atoms with Crippen LogP contribution in [0, 0.1) is 22.7 Å². The van der Waals surface area contributed by atoms with Crippen LogP contribution in [0.2, 0.25) is 0 Å². The Balaban J connectivity index is 1.08. The molecule has 9 aromatic rings. The lowest BCUT2D eigenvalue weighted by Crippen LogP contribution is -2.12. The summed E-state index contributed by atoms with van der Waals surface area (Å²) < 4.78 is 5.62. The number of hydrogen-bond donors (Lipinski definition) is 2. The number of aromatic nitrogens is 2. The fraction of sp³-hybridized carbons (Fsp3) is 0.0345. The maximum absolute atomic E-state index is 8.57. The molecule has 0 bridgehead atoms. The van der Waals surface area contributed by atoms with E-state index >= 15 is 0 Å². The average molecular weight is 811 g/mol. The predicted molar refractivity (Wildman–Crippen MR) is 258 cm³/mol. The van der Waals surface area contributed by atoms with E-state index in [9.17, 15) is 0 Å². The van der Waals surface area contributed by atoms with E-state index in [1.807, 2.05) is 78.9 Å². The van der Waals surface area contributed by atoms with Crippen molar-refractivity contribution in [2.75, 3.05) is 0 Å². The number of benzene rings is 8. The van der Waals surface area contributed by atoms with Crippen molar-refractivity contribution in [3.63, 3.8) is 0 Å². The fourth-order valence-electron chi connectivity index (χ4n) is 7.56. The standard InChI is InChI=1S/C58H42N4O/c1-2-3-15-40-26-28-42(29-27-40)52-35-34-49(41-30-32-46(33-31-41)57(60)63-56(59)45-20-11-6-12-21-45)38-53(52)50-24-13-22-47(36-50)48-23-14-25-51(37-48)58-61-54(43-16-7-4-8-17-43)39-55(62-58)44-18-9-5-10-19-44/h4-14,16-39,59-60H,2H2,1H3. The van der Waals surface area contributed by atoms with Gasteiger partial charge in [0.25, 0.3) is 0 Å². The Morgan fingerprint density at radius 1 is 0.413 bits per heavy atom. The van der Waals surface area contributed by atoms with Gasteiger partial charge in [0.05, 0.1) is 11.4 Å². The van der Waals surface area contributed by atoms with E-state index in [-0.39, 0.29) is 11.8 Å². The van der Waals surface area contributed by atoms with Gasteiger partial charge >= 0.3 is 0 Å². The van der Waals surface area contributed by atoms with E-state index < -0.39 is 0 Å². The quantitative estimate of drug-likeness (QED) is 0.0865. The van der Waals surface area contributed by atoms with Crippen molar-refractivity contribution in [3.8, 4) is 90.3 Å². The highest BCUT2D eigenvalue weighted by Crippen LogP contribution is 2.38. The molecule has 0 aliphatic heterocycles. The van der Waals surface area contributed by atoms with Crippen molar-refractivity contribution in [1.29, 1.82) is 10.8 Å². The summed E-state index contributed by atoms with van der Waals surface area (Å²) in [4.78, 5) is 10.2. The Labute approximate surface area is 368 Å². The minimum Gasteiger partial charge on any atom is -0.421 e. The van der Waals surface area contributed by atoms with E-state index in [1.54, 1.807) is 12.1 Å². The molecule has 0 aliphatic carbocycles. The summed E-state index contributed by atoms with van der Waals surface area (Å²) in [6, 6.07) is 71.7. The summed E-state index contributed by atoms with van der Waals surface area (Å²) in [7, 11) is 0. The summed E-state index contributed by atoms with van der Waals surface area (Å²) in [5.74, 6) is 6.96. The number of hydrogen-bond acceptors (Lipinski definition) is 5. The van der Waals surface area contributed by atoms with E-state index in [0.717, 1.165) is 84.6 Å². The molecule has 0 saturated carbocycles. The van der Waals surface area contributed by atoms with Crippen LogP contribution >= 0.6 is 0 Å². The third kappa shape index (κ3) is 9.17. The SMILES string of the molecule is CCC#Cc1ccc(-c2ccc(-c3ccc(C(=N)OC(=N)c4ccccc4)cc3)cc2-c2cccc(-c3cccc(-c4nc(-c5ccccc5)cc(-c5ccccc5)n4)c3)c2)cc1. The molecule has 0 unspecified atom stereocenters. The zero-order valence-electron chi connectivity index (χ0n) is 34.7. The molecule has 0 spiro atoms. The summed E-state index contributed by atoms with van der Waals surface area (Å²) in [5, 5.41) is 16.9. The van der Waals surface area contributed by atoms with Crippen LogP contribution < -0.4 is 0 Å². The van der Waals surface area contributed by atoms with E-state index in [4.69, 9.17) is 25.5 Å². The second-order valence-electron chi connectivity index (χ2n) is 15.1. The molecule has 0 amide bonds. The first-order valence-corrected chi connectivity index (χ1v) is 20.9. The van der Waals surface area contributed by atoms with Crippen LogP contribution in [0.3, 0.4) is 0 Å². The molecule has 5 nitrogen and oxygen atoms in total. The van der Waals surface area contributed by atoms with Crippen molar-refractivity contribution in [2.24, 2.45) is 0 Å². The molecule has 1 aromatic heterocycles. The Kier molecular flexibility index (Phi) is 11.7. The van der Waals surface area contributed by atoms with Gasteiger partial charge in [-0.2, -0.15) is 0 Å². The zero-order chi connectivity index (χ0) is 43.0. The van der Waals surface area contributed by atoms with E-state index in [2.05, 4.69) is 140 Å². The first-order valence-electron chi connectivity index (χ1n) is 20.9. The average Bonchev–Trinajstić information content (AvgIpc) is 3.36. The minimum atomic E-state index is -0.0773. The second kappa shape index (κ2) is 18.4. The van der Waals surface area contributed by atoms with Crippen LogP contribution in [0.4, 0.5) is 0 Å². The first kappa shape index (κ1) is 40.0. The summed E-state index contributed by atoms with van der Waals surface area (Å²) in [5.41, 5.74) is 15.5. The molecule has 63 heavy (non-hydrogen) atoms. The Morgan fingerprint density at radius 2 is 0.889 bits per heavy atom. The molecule has 0 fully saturated rings. The molecular weight excluding hydrogens is 769 g/mol. The molecule has 2 N–H and O–H groups in total. The molecule has 8 aromatic carbocycles. The Bertz CT molecular complexity index is 3070. The van der Waals surface area contributed by atoms with Crippen LogP contribution in [0.5, 0.6) is 0 Å². The normalized spacial score (nSPS) is 10.7. The van der Waals surface area contributed by atoms with E-state index in [1.165, 1.54) is 0 Å². The van der Waals surface area contributed by atoms with Crippen LogP contribution in [0.1, 0.15) is 30.0 Å². The van der Waals surface area contributed by atoms with Gasteiger partial charge in [-0.05, 0) is 105 Å². The molecule has 0 aliphatic rings. The van der Waals surface area contributed by atoms with Crippen LogP contribution in [-0.4, -0.2) is 21.8 Å². The van der Waals surface area contributed by atoms with Crippen molar-refractivity contribution in [1.82, 2.24) is 9.97 Å². The van der Waals surface area contributed by atoms with Gasteiger partial charge in [0.1, 0.15) is 0 Å². The van der Waals surface area contributed by atoms with Crippen molar-refractivity contribution < 1.29 is 4.74 Å². The fourth-order valence-corrected chi connectivity index (χ4v) is 7.56. The molecular formula is C58H42N4O.